The summed E-state index contributed by atoms with van der Waals surface area (Å²) in [4.78, 5) is 13.9. The maximum absolute atomic E-state index is 11.9. The van der Waals surface area contributed by atoms with Gasteiger partial charge in [-0.05, 0) is 32.7 Å². The van der Waals surface area contributed by atoms with E-state index in [4.69, 9.17) is 4.74 Å². The molecule has 4 nitrogen and oxygen atoms in total. The van der Waals surface area contributed by atoms with Gasteiger partial charge in [0.25, 0.3) is 0 Å². The van der Waals surface area contributed by atoms with Gasteiger partial charge in [0.2, 0.25) is 5.91 Å². The smallest absolute Gasteiger partial charge is 0.234 e. The predicted molar refractivity (Wildman–Crippen MR) is 78.1 cm³/mol. The van der Waals surface area contributed by atoms with Gasteiger partial charge < -0.3 is 10.1 Å². The Morgan fingerprint density at radius 2 is 2.05 bits per heavy atom. The van der Waals surface area contributed by atoms with Crippen LogP contribution in [0.4, 0.5) is 0 Å². The van der Waals surface area contributed by atoms with Crippen LogP contribution in [0.15, 0.2) is 0 Å². The average Bonchev–Trinajstić information content (AvgIpc) is 2.73. The van der Waals surface area contributed by atoms with Gasteiger partial charge in [-0.15, -0.1) is 0 Å². The molecule has 4 heteroatoms. The van der Waals surface area contributed by atoms with E-state index >= 15 is 0 Å². The highest BCUT2D eigenvalue weighted by atomic mass is 16.5. The molecule has 1 heterocycles. The Bertz CT molecular complexity index is 297. The van der Waals surface area contributed by atoms with Crippen LogP contribution < -0.4 is 5.32 Å². The highest BCUT2D eigenvalue weighted by Gasteiger charge is 2.37. The van der Waals surface area contributed by atoms with E-state index in [0.717, 1.165) is 19.6 Å². The molecule has 1 fully saturated rings. The second kappa shape index (κ2) is 6.71. The summed E-state index contributed by atoms with van der Waals surface area (Å²) >= 11 is 0. The first-order valence-corrected chi connectivity index (χ1v) is 7.30. The topological polar surface area (TPSA) is 41.6 Å². The van der Waals surface area contributed by atoms with Crippen LogP contribution in [0.25, 0.3) is 0 Å². The van der Waals surface area contributed by atoms with Gasteiger partial charge in [0, 0.05) is 25.1 Å². The molecule has 1 aliphatic rings. The van der Waals surface area contributed by atoms with Crippen molar-refractivity contribution >= 4 is 5.91 Å². The first kappa shape index (κ1) is 16.4. The number of rotatable bonds is 5. The molecule has 0 bridgehead atoms. The van der Waals surface area contributed by atoms with Crippen molar-refractivity contribution in [3.63, 3.8) is 0 Å². The maximum Gasteiger partial charge on any atom is 0.234 e. The molecule has 0 spiro atoms. The van der Waals surface area contributed by atoms with Crippen LogP contribution in [0.3, 0.4) is 0 Å². The van der Waals surface area contributed by atoms with Crippen molar-refractivity contribution in [3.05, 3.63) is 0 Å². The average molecular weight is 270 g/mol. The van der Waals surface area contributed by atoms with Crippen molar-refractivity contribution in [2.24, 2.45) is 11.3 Å². The minimum Gasteiger partial charge on any atom is -0.377 e. The number of amides is 1. The number of nitrogens with one attached hydrogen (secondary N) is 1. The molecule has 0 aliphatic carbocycles. The van der Waals surface area contributed by atoms with Crippen molar-refractivity contribution in [2.75, 3.05) is 26.7 Å². The second-order valence-electron chi connectivity index (χ2n) is 7.02. The molecule has 1 saturated heterocycles. The van der Waals surface area contributed by atoms with Crippen LogP contribution in [0, 0.1) is 11.3 Å². The molecule has 2 atom stereocenters. The van der Waals surface area contributed by atoms with Gasteiger partial charge >= 0.3 is 0 Å². The number of nitrogens with zero attached hydrogens (tertiary/aromatic N) is 1. The lowest BCUT2D eigenvalue weighted by molar-refractivity contribution is -0.122. The number of ether oxygens (including phenoxy) is 1. The molecule has 1 aliphatic heterocycles. The fourth-order valence-corrected chi connectivity index (χ4v) is 2.51. The maximum atomic E-state index is 11.9. The molecule has 1 amide bonds. The van der Waals surface area contributed by atoms with Crippen molar-refractivity contribution in [3.8, 4) is 0 Å². The fourth-order valence-electron chi connectivity index (χ4n) is 2.51. The van der Waals surface area contributed by atoms with Gasteiger partial charge in [-0.1, -0.05) is 20.8 Å². The number of carbonyl (C=O) groups is 1. The summed E-state index contributed by atoms with van der Waals surface area (Å²) in [7, 11) is 1.97. The van der Waals surface area contributed by atoms with E-state index in [1.54, 1.807) is 0 Å². The summed E-state index contributed by atoms with van der Waals surface area (Å²) < 4.78 is 5.82. The highest BCUT2D eigenvalue weighted by Crippen LogP contribution is 2.34. The quantitative estimate of drug-likeness (QED) is 0.829. The fraction of sp³-hybridized carbons (Fsp3) is 0.933. The van der Waals surface area contributed by atoms with Crippen LogP contribution >= 0.6 is 0 Å². The van der Waals surface area contributed by atoms with E-state index in [-0.39, 0.29) is 17.4 Å². The normalized spacial score (nSPS) is 24.2. The monoisotopic (exact) mass is 270 g/mol. The Labute approximate surface area is 117 Å². The molecule has 0 aromatic rings. The van der Waals surface area contributed by atoms with Gasteiger partial charge in [0.05, 0.1) is 12.6 Å². The lowest BCUT2D eigenvalue weighted by atomic mass is 9.81. The highest BCUT2D eigenvalue weighted by molar-refractivity contribution is 5.78. The van der Waals surface area contributed by atoms with Crippen molar-refractivity contribution < 1.29 is 9.53 Å². The second-order valence-corrected chi connectivity index (χ2v) is 7.02. The van der Waals surface area contributed by atoms with Crippen LogP contribution in [-0.2, 0) is 9.53 Å². The Hall–Kier alpha value is -0.610. The lowest BCUT2D eigenvalue weighted by Crippen LogP contribution is -2.42. The van der Waals surface area contributed by atoms with E-state index in [2.05, 4.69) is 39.9 Å². The molecule has 1 rings (SSSR count). The zero-order valence-corrected chi connectivity index (χ0v) is 13.3. The summed E-state index contributed by atoms with van der Waals surface area (Å²) in [6, 6.07) is 0.392. The zero-order chi connectivity index (χ0) is 14.6. The first-order valence-electron chi connectivity index (χ1n) is 7.30. The van der Waals surface area contributed by atoms with Crippen LogP contribution in [0.5, 0.6) is 0 Å². The standard InChI is InChI=1S/C15H30N2O2/c1-11(2)17(6)10-13(18)16-9-12-7-8-19-14(12)15(3,4)5/h11-12,14H,7-10H2,1-6H3,(H,16,18)/t12-,14+/m1/s1. The van der Waals surface area contributed by atoms with Crippen molar-refractivity contribution in [1.29, 1.82) is 0 Å². The molecular formula is C15H30N2O2. The summed E-state index contributed by atoms with van der Waals surface area (Å²) in [5, 5.41) is 3.05. The number of hydrogen-bond donors (Lipinski definition) is 1. The molecule has 112 valence electrons. The zero-order valence-electron chi connectivity index (χ0n) is 13.3. The van der Waals surface area contributed by atoms with E-state index in [0.29, 0.717) is 18.5 Å². The van der Waals surface area contributed by atoms with Gasteiger partial charge in [-0.25, -0.2) is 0 Å². The summed E-state index contributed by atoms with van der Waals surface area (Å²) in [5.74, 6) is 0.545. The minimum absolute atomic E-state index is 0.107. The van der Waals surface area contributed by atoms with Crippen LogP contribution in [0.2, 0.25) is 0 Å². The van der Waals surface area contributed by atoms with Crippen LogP contribution in [-0.4, -0.2) is 49.7 Å². The van der Waals surface area contributed by atoms with E-state index < -0.39 is 0 Å². The molecular weight excluding hydrogens is 240 g/mol. The Kier molecular flexibility index (Phi) is 5.81. The van der Waals surface area contributed by atoms with E-state index in [1.807, 2.05) is 11.9 Å². The number of carbonyl (C=O) groups excluding carboxylic acids is 1. The molecule has 0 saturated carbocycles. The molecule has 0 radical (unpaired) electrons. The largest absolute Gasteiger partial charge is 0.377 e. The summed E-state index contributed by atoms with van der Waals surface area (Å²) in [5.41, 5.74) is 0.140. The molecule has 0 aromatic heterocycles. The molecule has 1 N–H and O–H groups in total. The van der Waals surface area contributed by atoms with Crippen LogP contribution in [0.1, 0.15) is 41.0 Å². The van der Waals surface area contributed by atoms with Crippen molar-refractivity contribution in [2.45, 2.75) is 53.2 Å². The third-order valence-corrected chi connectivity index (χ3v) is 3.90. The SMILES string of the molecule is CC(C)N(C)CC(=O)NC[C@H]1CCO[C@@H]1C(C)(C)C. The van der Waals surface area contributed by atoms with E-state index in [9.17, 15) is 4.79 Å². The third kappa shape index (κ3) is 5.11. The molecule has 0 unspecified atom stereocenters. The molecule has 0 aromatic carbocycles. The minimum atomic E-state index is 0.107. The van der Waals surface area contributed by atoms with Crippen molar-refractivity contribution in [1.82, 2.24) is 10.2 Å². The Balaban J connectivity index is 2.38. The summed E-state index contributed by atoms with van der Waals surface area (Å²) in [6.07, 6.45) is 1.29. The first-order chi connectivity index (χ1) is 8.71. The third-order valence-electron chi connectivity index (χ3n) is 3.90. The van der Waals surface area contributed by atoms with Gasteiger partial charge in [-0.2, -0.15) is 0 Å². The van der Waals surface area contributed by atoms with Gasteiger partial charge in [0.15, 0.2) is 0 Å². The van der Waals surface area contributed by atoms with Gasteiger partial charge in [-0.3, -0.25) is 9.69 Å². The molecule has 19 heavy (non-hydrogen) atoms. The number of hydrogen-bond acceptors (Lipinski definition) is 3. The van der Waals surface area contributed by atoms with Gasteiger partial charge in [0.1, 0.15) is 0 Å². The Morgan fingerprint density at radius 3 is 2.58 bits per heavy atom. The Morgan fingerprint density at radius 1 is 1.42 bits per heavy atom. The predicted octanol–water partition coefficient (Wildman–Crippen LogP) is 1.89. The summed E-state index contributed by atoms with van der Waals surface area (Å²) in [6.45, 7) is 12.8. The lowest BCUT2D eigenvalue weighted by Gasteiger charge is -2.31. The van der Waals surface area contributed by atoms with E-state index in [1.165, 1.54) is 0 Å². The number of likely N-dealkylation sites (N-methyl/N-ethyl adjacent to an activating group) is 1.